The van der Waals surface area contributed by atoms with Gasteiger partial charge in [-0.25, -0.2) is 12.8 Å². The first-order valence-corrected chi connectivity index (χ1v) is 8.02. The minimum atomic E-state index is -3.29. The molecular formula is C14H21FO4S. The lowest BCUT2D eigenvalue weighted by atomic mass is 10.1. The third kappa shape index (κ3) is 4.18. The van der Waals surface area contributed by atoms with Gasteiger partial charge in [-0.3, -0.25) is 0 Å². The van der Waals surface area contributed by atoms with Gasteiger partial charge in [0.1, 0.15) is 18.2 Å². The first-order chi connectivity index (χ1) is 9.04. The van der Waals surface area contributed by atoms with E-state index >= 15 is 0 Å². The van der Waals surface area contributed by atoms with E-state index in [1.165, 1.54) is 19.1 Å². The van der Waals surface area contributed by atoms with Gasteiger partial charge in [0.2, 0.25) is 0 Å². The van der Waals surface area contributed by atoms with Crippen LogP contribution in [-0.2, 0) is 9.84 Å². The molecule has 0 saturated heterocycles. The lowest BCUT2D eigenvalue weighted by Gasteiger charge is -2.20. The van der Waals surface area contributed by atoms with E-state index in [2.05, 4.69) is 0 Å². The fourth-order valence-electron chi connectivity index (χ4n) is 1.55. The Kier molecular flexibility index (Phi) is 5.15. The zero-order valence-corrected chi connectivity index (χ0v) is 13.0. The van der Waals surface area contributed by atoms with E-state index < -0.39 is 26.5 Å². The maximum atomic E-state index is 13.2. The summed E-state index contributed by atoms with van der Waals surface area (Å²) in [6.07, 6.45) is -0.815. The molecule has 0 aliphatic carbocycles. The second-order valence-corrected chi connectivity index (χ2v) is 8.50. The highest BCUT2D eigenvalue weighted by Crippen LogP contribution is 2.26. The van der Waals surface area contributed by atoms with Gasteiger partial charge in [0.25, 0.3) is 0 Å². The highest BCUT2D eigenvalue weighted by Gasteiger charge is 2.28. The Balaban J connectivity index is 2.79. The van der Waals surface area contributed by atoms with Crippen molar-refractivity contribution in [2.24, 2.45) is 0 Å². The summed E-state index contributed by atoms with van der Waals surface area (Å²) in [5, 5.41) is 9.56. The van der Waals surface area contributed by atoms with Crippen LogP contribution in [0.4, 0.5) is 4.39 Å². The number of hydrogen-bond acceptors (Lipinski definition) is 4. The maximum Gasteiger partial charge on any atom is 0.158 e. The van der Waals surface area contributed by atoms with Gasteiger partial charge in [-0.05, 0) is 39.8 Å². The van der Waals surface area contributed by atoms with Crippen LogP contribution in [0.5, 0.6) is 5.75 Å². The molecule has 0 unspecified atom stereocenters. The number of halogens is 1. The van der Waals surface area contributed by atoms with Crippen molar-refractivity contribution in [3.63, 3.8) is 0 Å². The number of rotatable bonds is 5. The Morgan fingerprint density at radius 3 is 2.45 bits per heavy atom. The minimum absolute atomic E-state index is 0.0806. The molecule has 1 N–H and O–H groups in total. The first kappa shape index (κ1) is 16.9. The summed E-state index contributed by atoms with van der Waals surface area (Å²) in [5.74, 6) is -0.487. The van der Waals surface area contributed by atoms with Crippen molar-refractivity contribution in [2.45, 2.75) is 38.5 Å². The average molecular weight is 304 g/mol. The average Bonchev–Trinajstić information content (AvgIpc) is 2.26. The van der Waals surface area contributed by atoms with E-state index in [-0.39, 0.29) is 18.1 Å². The maximum absolute atomic E-state index is 13.2. The molecular weight excluding hydrogens is 283 g/mol. The van der Waals surface area contributed by atoms with Gasteiger partial charge < -0.3 is 9.84 Å². The Labute approximate surface area is 119 Å². The fraction of sp³-hybridized carbons (Fsp3) is 0.571. The number of ether oxygens (including phenoxy) is 1. The van der Waals surface area contributed by atoms with E-state index in [4.69, 9.17) is 4.74 Å². The van der Waals surface area contributed by atoms with E-state index in [0.29, 0.717) is 5.56 Å². The van der Waals surface area contributed by atoms with Crippen molar-refractivity contribution >= 4 is 9.84 Å². The van der Waals surface area contributed by atoms with Crippen molar-refractivity contribution in [3.05, 3.63) is 29.6 Å². The SMILES string of the molecule is C[C@H](O)c1ccc(F)cc1OCCS(=O)(=O)C(C)(C)C. The molecule has 6 heteroatoms. The fourth-order valence-corrected chi connectivity index (χ4v) is 2.46. The van der Waals surface area contributed by atoms with Crippen molar-refractivity contribution in [3.8, 4) is 5.75 Å². The van der Waals surface area contributed by atoms with Crippen LogP contribution in [0, 0.1) is 5.82 Å². The largest absolute Gasteiger partial charge is 0.492 e. The predicted octanol–water partition coefficient (Wildman–Crippen LogP) is 2.47. The normalized spacial score (nSPS) is 14.1. The van der Waals surface area contributed by atoms with Gasteiger partial charge >= 0.3 is 0 Å². The monoisotopic (exact) mass is 304 g/mol. The van der Waals surface area contributed by atoms with Gasteiger partial charge in [0.05, 0.1) is 16.6 Å². The molecule has 0 heterocycles. The van der Waals surface area contributed by atoms with Crippen LogP contribution in [0.1, 0.15) is 39.4 Å². The Morgan fingerprint density at radius 2 is 1.95 bits per heavy atom. The molecule has 0 bridgehead atoms. The molecule has 0 radical (unpaired) electrons. The standard InChI is InChI=1S/C14H21FO4S/c1-10(16)12-6-5-11(15)9-13(12)19-7-8-20(17,18)14(2,3)4/h5-6,9-10,16H,7-8H2,1-4H3/t10-/m0/s1. The van der Waals surface area contributed by atoms with E-state index in [0.717, 1.165) is 6.07 Å². The summed E-state index contributed by atoms with van der Waals surface area (Å²) in [6, 6.07) is 3.79. The molecule has 0 aliphatic heterocycles. The van der Waals surface area contributed by atoms with Crippen LogP contribution in [0.15, 0.2) is 18.2 Å². The number of aliphatic hydroxyl groups excluding tert-OH is 1. The molecule has 1 rings (SSSR count). The van der Waals surface area contributed by atoms with Crippen molar-refractivity contribution < 1.29 is 22.7 Å². The molecule has 1 aromatic carbocycles. The van der Waals surface area contributed by atoms with Gasteiger partial charge in [-0.2, -0.15) is 0 Å². The second kappa shape index (κ2) is 6.10. The topological polar surface area (TPSA) is 63.6 Å². The molecule has 0 fully saturated rings. The Bertz CT molecular complexity index is 559. The van der Waals surface area contributed by atoms with Crippen LogP contribution in [0.3, 0.4) is 0 Å². The van der Waals surface area contributed by atoms with Crippen molar-refractivity contribution in [1.82, 2.24) is 0 Å². The lowest BCUT2D eigenvalue weighted by molar-refractivity contribution is 0.192. The number of aliphatic hydroxyl groups is 1. The van der Waals surface area contributed by atoms with Gasteiger partial charge in [-0.15, -0.1) is 0 Å². The summed E-state index contributed by atoms with van der Waals surface area (Å²) in [7, 11) is -3.29. The summed E-state index contributed by atoms with van der Waals surface area (Å²) in [5.41, 5.74) is 0.430. The third-order valence-electron chi connectivity index (χ3n) is 2.97. The van der Waals surface area contributed by atoms with Crippen molar-refractivity contribution in [1.29, 1.82) is 0 Å². The zero-order valence-electron chi connectivity index (χ0n) is 12.2. The van der Waals surface area contributed by atoms with Crippen LogP contribution < -0.4 is 4.74 Å². The first-order valence-electron chi connectivity index (χ1n) is 6.37. The molecule has 0 amide bonds. The van der Waals surface area contributed by atoms with E-state index in [1.54, 1.807) is 20.8 Å². The smallest absolute Gasteiger partial charge is 0.158 e. The van der Waals surface area contributed by atoms with Crippen LogP contribution in [0.2, 0.25) is 0 Å². The van der Waals surface area contributed by atoms with Crippen LogP contribution >= 0.6 is 0 Å². The second-order valence-electron chi connectivity index (χ2n) is 5.64. The molecule has 0 aliphatic rings. The molecule has 1 aromatic rings. The minimum Gasteiger partial charge on any atom is -0.492 e. The molecule has 4 nitrogen and oxygen atoms in total. The molecule has 0 aromatic heterocycles. The van der Waals surface area contributed by atoms with Gasteiger partial charge in [-0.1, -0.05) is 0 Å². The number of benzene rings is 1. The van der Waals surface area contributed by atoms with Gasteiger partial charge in [0, 0.05) is 11.6 Å². The summed E-state index contributed by atoms with van der Waals surface area (Å²) >= 11 is 0. The van der Waals surface area contributed by atoms with E-state index in [9.17, 15) is 17.9 Å². The summed E-state index contributed by atoms with van der Waals surface area (Å²) < 4.78 is 41.5. The molecule has 0 saturated carbocycles. The van der Waals surface area contributed by atoms with Gasteiger partial charge in [0.15, 0.2) is 9.84 Å². The molecule has 114 valence electrons. The van der Waals surface area contributed by atoms with Crippen molar-refractivity contribution in [2.75, 3.05) is 12.4 Å². The van der Waals surface area contributed by atoms with E-state index in [1.807, 2.05) is 0 Å². The Hall–Kier alpha value is -1.14. The number of sulfone groups is 1. The number of hydrogen-bond donors (Lipinski definition) is 1. The van der Waals surface area contributed by atoms with Crippen LogP contribution in [0.25, 0.3) is 0 Å². The zero-order chi connectivity index (χ0) is 15.6. The predicted molar refractivity (Wildman–Crippen MR) is 76.1 cm³/mol. The highest BCUT2D eigenvalue weighted by atomic mass is 32.2. The quantitative estimate of drug-likeness (QED) is 0.907. The lowest BCUT2D eigenvalue weighted by Crippen LogP contribution is -2.32. The summed E-state index contributed by atoms with van der Waals surface area (Å²) in [4.78, 5) is 0. The molecule has 20 heavy (non-hydrogen) atoms. The Morgan fingerprint density at radius 1 is 1.35 bits per heavy atom. The highest BCUT2D eigenvalue weighted by molar-refractivity contribution is 7.92. The molecule has 0 spiro atoms. The summed E-state index contributed by atoms with van der Waals surface area (Å²) in [6.45, 7) is 6.30. The third-order valence-corrected chi connectivity index (χ3v) is 5.54. The molecule has 1 atom stereocenters. The van der Waals surface area contributed by atoms with Crippen LogP contribution in [-0.4, -0.2) is 30.6 Å².